The summed E-state index contributed by atoms with van der Waals surface area (Å²) >= 11 is 0. The fourth-order valence-electron chi connectivity index (χ4n) is 2.12. The van der Waals surface area contributed by atoms with Crippen molar-refractivity contribution in [2.45, 2.75) is 34.6 Å². The topological polar surface area (TPSA) is 12.9 Å². The highest BCUT2D eigenvalue weighted by Gasteiger charge is 2.00. The minimum absolute atomic E-state index is 1.01. The van der Waals surface area contributed by atoms with Crippen LogP contribution < -0.4 is 10.4 Å². The summed E-state index contributed by atoms with van der Waals surface area (Å²) in [6.45, 7) is 14.4. The molecule has 0 amide bonds. The maximum Gasteiger partial charge on any atom is 0.0777 e. The van der Waals surface area contributed by atoms with E-state index in [1.807, 2.05) is 39.1 Å². The Kier molecular flexibility index (Phi) is 5.50. The highest BCUT2D eigenvalue weighted by Crippen LogP contribution is 2.10. The van der Waals surface area contributed by atoms with Crippen molar-refractivity contribution in [3.05, 3.63) is 52.5 Å². The summed E-state index contributed by atoms with van der Waals surface area (Å²) < 4.78 is 0. The molecule has 0 spiro atoms. The lowest BCUT2D eigenvalue weighted by atomic mass is 10.1. The van der Waals surface area contributed by atoms with Gasteiger partial charge >= 0.3 is 0 Å². The molecule has 1 heterocycles. The van der Waals surface area contributed by atoms with Crippen LogP contribution in [-0.2, 0) is 0 Å². The largest absolute Gasteiger partial charge is 0.256 e. The van der Waals surface area contributed by atoms with E-state index in [2.05, 4.69) is 43.6 Å². The van der Waals surface area contributed by atoms with Gasteiger partial charge in [0.2, 0.25) is 0 Å². The van der Waals surface area contributed by atoms with E-state index in [1.165, 1.54) is 21.7 Å². The van der Waals surface area contributed by atoms with Crippen molar-refractivity contribution in [3.63, 3.8) is 0 Å². The van der Waals surface area contributed by atoms with E-state index in [9.17, 15) is 0 Å². The normalized spacial score (nSPS) is 12.3. The summed E-state index contributed by atoms with van der Waals surface area (Å²) in [5, 5.41) is 3.38. The predicted molar refractivity (Wildman–Crippen MR) is 86.5 cm³/mol. The van der Waals surface area contributed by atoms with Crippen LogP contribution in [0.25, 0.3) is 23.1 Å². The van der Waals surface area contributed by atoms with Crippen molar-refractivity contribution in [2.24, 2.45) is 0 Å². The number of fused-ring (bicyclic) bond motifs is 1. The molecule has 0 saturated carbocycles. The van der Waals surface area contributed by atoms with Crippen molar-refractivity contribution in [3.8, 4) is 0 Å². The van der Waals surface area contributed by atoms with Crippen LogP contribution in [0.15, 0.2) is 36.5 Å². The highest BCUT2D eigenvalue weighted by molar-refractivity contribution is 5.83. The number of nitrogens with zero attached hydrogens (tertiary/aromatic N) is 1. The minimum atomic E-state index is 1.01. The number of allylic oxidation sites excluding steroid dienone is 2. The summed E-state index contributed by atoms with van der Waals surface area (Å²) in [4.78, 5) is 4.44. The lowest BCUT2D eigenvalue weighted by Gasteiger charge is -2.03. The van der Waals surface area contributed by atoms with Crippen molar-refractivity contribution in [2.75, 3.05) is 0 Å². The van der Waals surface area contributed by atoms with Crippen LogP contribution in [0.2, 0.25) is 0 Å². The van der Waals surface area contributed by atoms with Crippen molar-refractivity contribution >= 4 is 23.1 Å². The molecule has 0 N–H and O–H groups in total. The molecule has 1 heteroatoms. The maximum atomic E-state index is 4.44. The Morgan fingerprint density at radius 2 is 1.89 bits per heavy atom. The number of rotatable bonds is 1. The monoisotopic (exact) mass is 253 g/mol. The van der Waals surface area contributed by atoms with Crippen LogP contribution >= 0.6 is 0 Å². The lowest BCUT2D eigenvalue weighted by molar-refractivity contribution is 1.34. The second kappa shape index (κ2) is 6.89. The third-order valence-corrected chi connectivity index (χ3v) is 3.08. The molecule has 2 aromatic rings. The standard InChI is InChI=1S/C16H17N.C2H6/c1-5-6-11(2)14-7-8-15-12(3)9-10-17-16(15)13(14)4;1-2/h5-10H,4H2,1-3H3;1-2H3/b6-5-,14-11-;. The van der Waals surface area contributed by atoms with Crippen LogP contribution in [0.5, 0.6) is 0 Å². The number of pyridine rings is 1. The van der Waals surface area contributed by atoms with E-state index in [0.717, 1.165) is 10.7 Å². The quantitative estimate of drug-likeness (QED) is 0.754. The molecular weight excluding hydrogens is 230 g/mol. The maximum absolute atomic E-state index is 4.44. The number of hydrogen-bond donors (Lipinski definition) is 0. The average molecular weight is 253 g/mol. The zero-order chi connectivity index (χ0) is 14.4. The fourth-order valence-corrected chi connectivity index (χ4v) is 2.12. The molecule has 1 aromatic carbocycles. The third-order valence-electron chi connectivity index (χ3n) is 3.08. The van der Waals surface area contributed by atoms with E-state index in [1.54, 1.807) is 0 Å². The van der Waals surface area contributed by atoms with Gasteiger partial charge in [0.05, 0.1) is 5.52 Å². The molecule has 0 aliphatic rings. The molecule has 0 unspecified atom stereocenters. The van der Waals surface area contributed by atoms with E-state index in [-0.39, 0.29) is 0 Å². The average Bonchev–Trinajstić information content (AvgIpc) is 2.42. The molecule has 1 aromatic heterocycles. The van der Waals surface area contributed by atoms with Gasteiger partial charge in [-0.25, -0.2) is 0 Å². The summed E-state index contributed by atoms with van der Waals surface area (Å²) in [5.74, 6) is 0. The predicted octanol–water partition coefficient (Wildman–Crippen LogP) is 3.73. The summed E-state index contributed by atoms with van der Waals surface area (Å²) in [6, 6.07) is 6.30. The van der Waals surface area contributed by atoms with Crippen LogP contribution in [0.4, 0.5) is 0 Å². The highest BCUT2D eigenvalue weighted by atomic mass is 14.6. The van der Waals surface area contributed by atoms with Crippen molar-refractivity contribution in [1.82, 2.24) is 4.98 Å². The molecule has 0 radical (unpaired) electrons. The Balaban J connectivity index is 0.000000861. The van der Waals surface area contributed by atoms with Gasteiger partial charge in [-0.2, -0.15) is 0 Å². The number of aryl methyl sites for hydroxylation is 1. The Hall–Kier alpha value is -1.89. The summed E-state index contributed by atoms with van der Waals surface area (Å²) in [5.41, 5.74) is 3.48. The van der Waals surface area contributed by atoms with Crippen LogP contribution in [0.3, 0.4) is 0 Å². The summed E-state index contributed by atoms with van der Waals surface area (Å²) in [6.07, 6.45) is 6.00. The fraction of sp³-hybridized carbons (Fsp3) is 0.278. The first-order valence-electron chi connectivity index (χ1n) is 6.82. The molecule has 0 fully saturated rings. The first kappa shape index (κ1) is 15.2. The zero-order valence-electron chi connectivity index (χ0n) is 12.6. The van der Waals surface area contributed by atoms with Gasteiger partial charge in [-0.3, -0.25) is 4.98 Å². The molecule has 0 aliphatic heterocycles. The zero-order valence-corrected chi connectivity index (χ0v) is 12.6. The van der Waals surface area contributed by atoms with E-state index in [4.69, 9.17) is 0 Å². The molecule has 0 aliphatic carbocycles. The molecule has 100 valence electrons. The molecule has 2 rings (SSSR count). The smallest absolute Gasteiger partial charge is 0.0777 e. The molecular formula is C18H23N. The SMILES string of the molecule is C=c1/c(=C(C)\C=C/C)ccc2c(C)ccnc12.CC. The van der Waals surface area contributed by atoms with Crippen LogP contribution in [-0.4, -0.2) is 4.98 Å². The summed E-state index contributed by atoms with van der Waals surface area (Å²) in [7, 11) is 0. The van der Waals surface area contributed by atoms with Gasteiger partial charge in [-0.1, -0.05) is 44.7 Å². The van der Waals surface area contributed by atoms with Crippen LogP contribution in [0.1, 0.15) is 33.3 Å². The van der Waals surface area contributed by atoms with Gasteiger partial charge < -0.3 is 0 Å². The minimum Gasteiger partial charge on any atom is -0.256 e. The van der Waals surface area contributed by atoms with Crippen LogP contribution in [0, 0.1) is 6.92 Å². The lowest BCUT2D eigenvalue weighted by Crippen LogP contribution is -2.26. The van der Waals surface area contributed by atoms with Gasteiger partial charge in [-0.15, -0.1) is 0 Å². The van der Waals surface area contributed by atoms with Gasteiger partial charge in [0.15, 0.2) is 0 Å². The van der Waals surface area contributed by atoms with Gasteiger partial charge in [0, 0.05) is 16.8 Å². The van der Waals surface area contributed by atoms with E-state index in [0.29, 0.717) is 0 Å². The molecule has 19 heavy (non-hydrogen) atoms. The van der Waals surface area contributed by atoms with Gasteiger partial charge in [0.1, 0.15) is 0 Å². The number of hydrogen-bond acceptors (Lipinski definition) is 1. The number of benzene rings is 1. The second-order valence-electron chi connectivity index (χ2n) is 4.30. The molecule has 0 atom stereocenters. The number of aromatic nitrogens is 1. The Labute approximate surface area is 116 Å². The Bertz CT molecular complexity index is 693. The van der Waals surface area contributed by atoms with Crippen molar-refractivity contribution in [1.29, 1.82) is 0 Å². The Morgan fingerprint density at radius 1 is 1.21 bits per heavy atom. The van der Waals surface area contributed by atoms with E-state index >= 15 is 0 Å². The van der Waals surface area contributed by atoms with Gasteiger partial charge in [-0.05, 0) is 43.2 Å². The van der Waals surface area contributed by atoms with Gasteiger partial charge in [0.25, 0.3) is 0 Å². The first-order chi connectivity index (χ1) is 9.15. The first-order valence-corrected chi connectivity index (χ1v) is 6.82. The third kappa shape index (κ3) is 3.11. The molecule has 0 bridgehead atoms. The second-order valence-corrected chi connectivity index (χ2v) is 4.30. The van der Waals surface area contributed by atoms with E-state index < -0.39 is 0 Å². The molecule has 0 saturated heterocycles. The Morgan fingerprint density at radius 3 is 2.53 bits per heavy atom. The molecule has 1 nitrogen and oxygen atoms in total. The van der Waals surface area contributed by atoms with Crippen molar-refractivity contribution < 1.29 is 0 Å².